The summed E-state index contributed by atoms with van der Waals surface area (Å²) in [4.78, 5) is 0. The first-order valence-corrected chi connectivity index (χ1v) is 5.66. The SMILES string of the molecule is COC1CCCCC1C1(N)CCOC1. The Hall–Kier alpha value is -0.120. The molecule has 2 rings (SSSR count). The van der Waals surface area contributed by atoms with Gasteiger partial charge in [0, 0.05) is 25.2 Å². The molecule has 0 aromatic heterocycles. The van der Waals surface area contributed by atoms with Gasteiger partial charge in [0.2, 0.25) is 0 Å². The number of rotatable bonds is 2. The van der Waals surface area contributed by atoms with Gasteiger partial charge in [-0.3, -0.25) is 0 Å². The van der Waals surface area contributed by atoms with Crippen LogP contribution in [0.3, 0.4) is 0 Å². The average Bonchev–Trinajstić information content (AvgIpc) is 2.66. The van der Waals surface area contributed by atoms with Gasteiger partial charge in [-0.25, -0.2) is 0 Å². The van der Waals surface area contributed by atoms with Gasteiger partial charge in [0.05, 0.1) is 12.7 Å². The van der Waals surface area contributed by atoms with E-state index in [1.165, 1.54) is 25.7 Å². The lowest BCUT2D eigenvalue weighted by molar-refractivity contribution is -0.0128. The Morgan fingerprint density at radius 3 is 2.79 bits per heavy atom. The van der Waals surface area contributed by atoms with Crippen molar-refractivity contribution in [1.82, 2.24) is 0 Å². The lowest BCUT2D eigenvalue weighted by Crippen LogP contribution is -2.53. The van der Waals surface area contributed by atoms with Crippen LogP contribution in [0.4, 0.5) is 0 Å². The summed E-state index contributed by atoms with van der Waals surface area (Å²) in [6, 6.07) is 0. The van der Waals surface area contributed by atoms with E-state index in [1.54, 1.807) is 0 Å². The summed E-state index contributed by atoms with van der Waals surface area (Å²) in [5, 5.41) is 0. The molecule has 3 unspecified atom stereocenters. The van der Waals surface area contributed by atoms with E-state index in [0.717, 1.165) is 19.6 Å². The van der Waals surface area contributed by atoms with Gasteiger partial charge in [0.1, 0.15) is 0 Å². The summed E-state index contributed by atoms with van der Waals surface area (Å²) in [6.45, 7) is 1.54. The zero-order valence-electron chi connectivity index (χ0n) is 9.00. The molecule has 1 aliphatic carbocycles. The van der Waals surface area contributed by atoms with Crippen molar-refractivity contribution in [3.63, 3.8) is 0 Å². The summed E-state index contributed by atoms with van der Waals surface area (Å²) < 4.78 is 11.0. The molecule has 0 radical (unpaired) electrons. The predicted molar refractivity (Wildman–Crippen MR) is 55.1 cm³/mol. The molecule has 0 aromatic carbocycles. The fraction of sp³-hybridized carbons (Fsp3) is 1.00. The van der Waals surface area contributed by atoms with Crippen LogP contribution in [0.25, 0.3) is 0 Å². The highest BCUT2D eigenvalue weighted by Gasteiger charge is 2.43. The van der Waals surface area contributed by atoms with E-state index in [4.69, 9.17) is 15.2 Å². The molecule has 0 aromatic rings. The van der Waals surface area contributed by atoms with Gasteiger partial charge in [-0.2, -0.15) is 0 Å². The fourth-order valence-electron chi connectivity index (χ4n) is 2.93. The minimum Gasteiger partial charge on any atom is -0.381 e. The van der Waals surface area contributed by atoms with Crippen LogP contribution in [0.5, 0.6) is 0 Å². The molecule has 1 saturated carbocycles. The summed E-state index contributed by atoms with van der Waals surface area (Å²) in [5.74, 6) is 0.503. The Balaban J connectivity index is 2.05. The van der Waals surface area contributed by atoms with Gasteiger partial charge in [-0.1, -0.05) is 12.8 Å². The molecule has 14 heavy (non-hydrogen) atoms. The molecule has 2 N–H and O–H groups in total. The standard InChI is InChI=1S/C11H21NO2/c1-13-10-5-3-2-4-9(10)11(12)6-7-14-8-11/h9-10H,2-8,12H2,1H3. The Labute approximate surface area is 85.9 Å². The summed E-state index contributed by atoms with van der Waals surface area (Å²) >= 11 is 0. The molecular weight excluding hydrogens is 178 g/mol. The summed E-state index contributed by atoms with van der Waals surface area (Å²) in [5.41, 5.74) is 6.28. The molecule has 2 fully saturated rings. The zero-order chi connectivity index (χ0) is 10.0. The first kappa shape index (κ1) is 10.4. The quantitative estimate of drug-likeness (QED) is 0.729. The maximum Gasteiger partial charge on any atom is 0.0650 e. The molecule has 3 atom stereocenters. The van der Waals surface area contributed by atoms with Crippen molar-refractivity contribution in [1.29, 1.82) is 0 Å². The average molecular weight is 199 g/mol. The number of hydrogen-bond acceptors (Lipinski definition) is 3. The molecular formula is C11H21NO2. The van der Waals surface area contributed by atoms with Crippen molar-refractivity contribution in [3.05, 3.63) is 0 Å². The van der Waals surface area contributed by atoms with Crippen molar-refractivity contribution >= 4 is 0 Å². The third-order valence-corrected chi connectivity index (χ3v) is 3.83. The van der Waals surface area contributed by atoms with Crippen LogP contribution >= 0.6 is 0 Å². The lowest BCUT2D eigenvalue weighted by Gasteiger charge is -2.40. The van der Waals surface area contributed by atoms with Crippen LogP contribution in [0, 0.1) is 5.92 Å². The van der Waals surface area contributed by atoms with Crippen molar-refractivity contribution in [2.24, 2.45) is 11.7 Å². The van der Waals surface area contributed by atoms with Crippen LogP contribution in [0.2, 0.25) is 0 Å². The van der Waals surface area contributed by atoms with Crippen molar-refractivity contribution in [3.8, 4) is 0 Å². The maximum absolute atomic E-state index is 6.39. The Bertz CT molecular complexity index is 190. The van der Waals surface area contributed by atoms with E-state index in [0.29, 0.717) is 12.0 Å². The van der Waals surface area contributed by atoms with Crippen molar-refractivity contribution in [2.45, 2.75) is 43.7 Å². The Morgan fingerprint density at radius 2 is 2.14 bits per heavy atom. The normalized spacial score (nSPS) is 44.1. The van der Waals surface area contributed by atoms with Crippen LogP contribution in [-0.2, 0) is 9.47 Å². The lowest BCUT2D eigenvalue weighted by atomic mass is 9.73. The van der Waals surface area contributed by atoms with E-state index in [-0.39, 0.29) is 5.54 Å². The number of ether oxygens (including phenoxy) is 2. The third-order valence-electron chi connectivity index (χ3n) is 3.83. The maximum atomic E-state index is 6.39. The first-order valence-electron chi connectivity index (χ1n) is 5.66. The second-order valence-electron chi connectivity index (χ2n) is 4.70. The Kier molecular flexibility index (Phi) is 3.10. The van der Waals surface area contributed by atoms with E-state index in [1.807, 2.05) is 7.11 Å². The molecule has 0 spiro atoms. The summed E-state index contributed by atoms with van der Waals surface area (Å²) in [7, 11) is 1.81. The minimum atomic E-state index is -0.110. The van der Waals surface area contributed by atoms with E-state index >= 15 is 0 Å². The molecule has 3 nitrogen and oxygen atoms in total. The van der Waals surface area contributed by atoms with Crippen LogP contribution in [-0.4, -0.2) is 32.0 Å². The van der Waals surface area contributed by atoms with E-state index < -0.39 is 0 Å². The number of nitrogens with two attached hydrogens (primary N) is 1. The predicted octanol–water partition coefficient (Wildman–Crippen LogP) is 1.31. The molecule has 1 heterocycles. The smallest absolute Gasteiger partial charge is 0.0650 e. The highest BCUT2D eigenvalue weighted by Crippen LogP contribution is 2.37. The Morgan fingerprint density at radius 1 is 1.36 bits per heavy atom. The van der Waals surface area contributed by atoms with Gasteiger partial charge >= 0.3 is 0 Å². The highest BCUT2D eigenvalue weighted by molar-refractivity contribution is 4.99. The molecule has 82 valence electrons. The number of methoxy groups -OCH3 is 1. The van der Waals surface area contributed by atoms with Crippen LogP contribution in [0.15, 0.2) is 0 Å². The fourth-order valence-corrected chi connectivity index (χ4v) is 2.93. The van der Waals surface area contributed by atoms with Gasteiger partial charge in [0.15, 0.2) is 0 Å². The number of hydrogen-bond donors (Lipinski definition) is 1. The van der Waals surface area contributed by atoms with Gasteiger partial charge in [0.25, 0.3) is 0 Å². The zero-order valence-corrected chi connectivity index (χ0v) is 9.00. The third kappa shape index (κ3) is 1.81. The van der Waals surface area contributed by atoms with Gasteiger partial charge < -0.3 is 15.2 Å². The van der Waals surface area contributed by atoms with Crippen LogP contribution < -0.4 is 5.73 Å². The molecule has 2 aliphatic rings. The first-order chi connectivity index (χ1) is 6.76. The van der Waals surface area contributed by atoms with E-state index in [9.17, 15) is 0 Å². The van der Waals surface area contributed by atoms with Crippen LogP contribution in [0.1, 0.15) is 32.1 Å². The highest BCUT2D eigenvalue weighted by atomic mass is 16.5. The van der Waals surface area contributed by atoms with Gasteiger partial charge in [-0.05, 0) is 19.3 Å². The molecule has 0 bridgehead atoms. The largest absolute Gasteiger partial charge is 0.381 e. The molecule has 1 aliphatic heterocycles. The van der Waals surface area contributed by atoms with Gasteiger partial charge in [-0.15, -0.1) is 0 Å². The molecule has 0 amide bonds. The second kappa shape index (κ2) is 4.17. The van der Waals surface area contributed by atoms with Crippen molar-refractivity contribution < 1.29 is 9.47 Å². The summed E-state index contributed by atoms with van der Waals surface area (Å²) in [6.07, 6.45) is 6.31. The minimum absolute atomic E-state index is 0.110. The van der Waals surface area contributed by atoms with Crippen molar-refractivity contribution in [2.75, 3.05) is 20.3 Å². The topological polar surface area (TPSA) is 44.5 Å². The van der Waals surface area contributed by atoms with E-state index in [2.05, 4.69) is 0 Å². The monoisotopic (exact) mass is 199 g/mol. The molecule has 3 heteroatoms. The molecule has 1 saturated heterocycles. The second-order valence-corrected chi connectivity index (χ2v) is 4.70.